The quantitative estimate of drug-likeness (QED) is 0.942. The van der Waals surface area contributed by atoms with E-state index < -0.39 is 0 Å². The molecule has 1 aromatic heterocycles. The number of fused-ring (bicyclic) bond motifs is 1. The standard InChI is InChI=1S/C17H20N2O2/c1-11-8-9-21-17(11)16(18-2)13-4-6-14-12(10-13)5-7-15(20)19(14)3/h4,6,8-10,16,18H,5,7H2,1-3H3. The van der Waals surface area contributed by atoms with E-state index in [1.807, 2.05) is 33.2 Å². The van der Waals surface area contributed by atoms with E-state index in [1.165, 1.54) is 5.56 Å². The fourth-order valence-corrected chi connectivity index (χ4v) is 2.99. The third-order valence-corrected chi connectivity index (χ3v) is 4.23. The van der Waals surface area contributed by atoms with Gasteiger partial charge in [0.2, 0.25) is 5.91 Å². The highest BCUT2D eigenvalue weighted by molar-refractivity contribution is 5.95. The zero-order valence-corrected chi connectivity index (χ0v) is 12.6. The summed E-state index contributed by atoms with van der Waals surface area (Å²) < 4.78 is 5.63. The van der Waals surface area contributed by atoms with Crippen LogP contribution in [0.2, 0.25) is 0 Å². The summed E-state index contributed by atoms with van der Waals surface area (Å²) in [5.41, 5.74) is 4.54. The van der Waals surface area contributed by atoms with Crippen molar-refractivity contribution in [3.8, 4) is 0 Å². The second-order valence-electron chi connectivity index (χ2n) is 5.53. The molecule has 2 heterocycles. The van der Waals surface area contributed by atoms with E-state index in [0.29, 0.717) is 6.42 Å². The summed E-state index contributed by atoms with van der Waals surface area (Å²) in [4.78, 5) is 13.5. The highest BCUT2D eigenvalue weighted by Crippen LogP contribution is 2.32. The number of amides is 1. The van der Waals surface area contributed by atoms with Crippen LogP contribution >= 0.6 is 0 Å². The van der Waals surface area contributed by atoms with Crippen LogP contribution < -0.4 is 10.2 Å². The van der Waals surface area contributed by atoms with Gasteiger partial charge < -0.3 is 14.6 Å². The third kappa shape index (κ3) is 2.36. The number of carbonyl (C=O) groups excluding carboxylic acids is 1. The maximum atomic E-state index is 11.8. The fourth-order valence-electron chi connectivity index (χ4n) is 2.99. The molecule has 1 aliphatic heterocycles. The number of rotatable bonds is 3. The molecule has 1 atom stereocenters. The fraction of sp³-hybridized carbons (Fsp3) is 0.353. The molecule has 1 aromatic carbocycles. The Morgan fingerprint density at radius 2 is 2.10 bits per heavy atom. The minimum Gasteiger partial charge on any atom is -0.467 e. The first-order chi connectivity index (χ1) is 10.1. The van der Waals surface area contributed by atoms with Crippen molar-refractivity contribution in [3.05, 3.63) is 53.0 Å². The zero-order valence-electron chi connectivity index (χ0n) is 12.6. The van der Waals surface area contributed by atoms with Crippen molar-refractivity contribution in [2.45, 2.75) is 25.8 Å². The molecule has 4 nitrogen and oxygen atoms in total. The van der Waals surface area contributed by atoms with Gasteiger partial charge in [-0.05, 0) is 49.2 Å². The van der Waals surface area contributed by atoms with Crippen molar-refractivity contribution in [2.75, 3.05) is 19.0 Å². The molecular weight excluding hydrogens is 264 g/mol. The Labute approximate surface area is 124 Å². The smallest absolute Gasteiger partial charge is 0.227 e. The number of anilines is 1. The summed E-state index contributed by atoms with van der Waals surface area (Å²) in [5, 5.41) is 3.31. The normalized spacial score (nSPS) is 16.0. The molecule has 0 bridgehead atoms. The minimum absolute atomic E-state index is 0.0354. The first kappa shape index (κ1) is 13.9. The van der Waals surface area contributed by atoms with Crippen molar-refractivity contribution in [3.63, 3.8) is 0 Å². The molecule has 0 radical (unpaired) electrons. The number of furan rings is 1. The van der Waals surface area contributed by atoms with Crippen LogP contribution in [0.3, 0.4) is 0 Å². The lowest BCUT2D eigenvalue weighted by molar-refractivity contribution is -0.118. The van der Waals surface area contributed by atoms with Gasteiger partial charge in [-0.2, -0.15) is 0 Å². The van der Waals surface area contributed by atoms with Gasteiger partial charge in [0.15, 0.2) is 0 Å². The van der Waals surface area contributed by atoms with E-state index in [1.54, 1.807) is 11.2 Å². The lowest BCUT2D eigenvalue weighted by Gasteiger charge is -2.27. The summed E-state index contributed by atoms with van der Waals surface area (Å²) in [6.07, 6.45) is 3.11. The van der Waals surface area contributed by atoms with Crippen LogP contribution in [-0.4, -0.2) is 20.0 Å². The second kappa shape index (κ2) is 5.37. The van der Waals surface area contributed by atoms with E-state index in [0.717, 1.165) is 29.0 Å². The molecule has 0 spiro atoms. The van der Waals surface area contributed by atoms with Crippen LogP contribution in [0, 0.1) is 6.92 Å². The Hall–Kier alpha value is -2.07. The summed E-state index contributed by atoms with van der Waals surface area (Å²) in [5.74, 6) is 1.12. The van der Waals surface area contributed by atoms with Crippen LogP contribution in [0.5, 0.6) is 0 Å². The molecule has 1 aliphatic rings. The average molecular weight is 284 g/mol. The Kier molecular flexibility index (Phi) is 3.55. The van der Waals surface area contributed by atoms with Crippen LogP contribution in [0.1, 0.15) is 34.9 Å². The number of nitrogens with one attached hydrogen (secondary N) is 1. The van der Waals surface area contributed by atoms with E-state index in [9.17, 15) is 4.79 Å². The van der Waals surface area contributed by atoms with Gasteiger partial charge in [0.1, 0.15) is 5.76 Å². The summed E-state index contributed by atoms with van der Waals surface area (Å²) in [7, 11) is 3.77. The van der Waals surface area contributed by atoms with Gasteiger partial charge >= 0.3 is 0 Å². The van der Waals surface area contributed by atoms with E-state index in [-0.39, 0.29) is 11.9 Å². The molecule has 0 aliphatic carbocycles. The first-order valence-electron chi connectivity index (χ1n) is 7.22. The zero-order chi connectivity index (χ0) is 15.0. The first-order valence-corrected chi connectivity index (χ1v) is 7.22. The van der Waals surface area contributed by atoms with Crippen molar-refractivity contribution in [1.29, 1.82) is 0 Å². The molecule has 1 amide bonds. The van der Waals surface area contributed by atoms with Crippen LogP contribution in [-0.2, 0) is 11.2 Å². The molecule has 0 fully saturated rings. The van der Waals surface area contributed by atoms with E-state index in [4.69, 9.17) is 4.42 Å². The third-order valence-electron chi connectivity index (χ3n) is 4.23. The molecule has 2 aromatic rings. The lowest BCUT2D eigenvalue weighted by atomic mass is 9.95. The van der Waals surface area contributed by atoms with Gasteiger partial charge in [-0.15, -0.1) is 0 Å². The molecule has 0 saturated heterocycles. The van der Waals surface area contributed by atoms with Gasteiger partial charge in [-0.25, -0.2) is 0 Å². The Balaban J connectivity index is 2.00. The molecule has 3 rings (SSSR count). The molecule has 1 unspecified atom stereocenters. The van der Waals surface area contributed by atoms with E-state index >= 15 is 0 Å². The SMILES string of the molecule is CNC(c1ccc2c(c1)CCC(=O)N2C)c1occc1C. The Morgan fingerprint density at radius 1 is 1.29 bits per heavy atom. The number of nitrogens with zero attached hydrogens (tertiary/aromatic N) is 1. The summed E-state index contributed by atoms with van der Waals surface area (Å²) in [6.45, 7) is 2.05. The topological polar surface area (TPSA) is 45.5 Å². The van der Waals surface area contributed by atoms with E-state index in [2.05, 4.69) is 17.4 Å². The van der Waals surface area contributed by atoms with Gasteiger partial charge in [0.25, 0.3) is 0 Å². The Morgan fingerprint density at radius 3 is 2.76 bits per heavy atom. The molecule has 0 saturated carbocycles. The summed E-state index contributed by atoms with van der Waals surface area (Å²) in [6, 6.07) is 8.29. The highest BCUT2D eigenvalue weighted by Gasteiger charge is 2.23. The average Bonchev–Trinajstić information content (AvgIpc) is 2.90. The number of hydrogen-bond donors (Lipinski definition) is 1. The second-order valence-corrected chi connectivity index (χ2v) is 5.53. The number of benzene rings is 1. The van der Waals surface area contributed by atoms with Crippen molar-refractivity contribution in [2.24, 2.45) is 0 Å². The largest absolute Gasteiger partial charge is 0.467 e. The highest BCUT2D eigenvalue weighted by atomic mass is 16.3. The van der Waals surface area contributed by atoms with Crippen molar-refractivity contribution < 1.29 is 9.21 Å². The maximum absolute atomic E-state index is 11.8. The molecule has 4 heteroatoms. The monoisotopic (exact) mass is 284 g/mol. The molecular formula is C17H20N2O2. The predicted molar refractivity (Wildman–Crippen MR) is 82.5 cm³/mol. The molecule has 110 valence electrons. The predicted octanol–water partition coefficient (Wildman–Crippen LogP) is 2.81. The Bertz CT molecular complexity index is 675. The van der Waals surface area contributed by atoms with Gasteiger partial charge in [0, 0.05) is 19.2 Å². The molecule has 21 heavy (non-hydrogen) atoms. The van der Waals surface area contributed by atoms with Gasteiger partial charge in [0.05, 0.1) is 12.3 Å². The number of aryl methyl sites for hydroxylation is 2. The van der Waals surface area contributed by atoms with Gasteiger partial charge in [-0.3, -0.25) is 4.79 Å². The summed E-state index contributed by atoms with van der Waals surface area (Å²) >= 11 is 0. The van der Waals surface area contributed by atoms with Crippen LogP contribution in [0.25, 0.3) is 0 Å². The number of carbonyl (C=O) groups is 1. The van der Waals surface area contributed by atoms with Crippen molar-refractivity contribution >= 4 is 11.6 Å². The van der Waals surface area contributed by atoms with Crippen LogP contribution in [0.15, 0.2) is 34.9 Å². The minimum atomic E-state index is 0.0354. The van der Waals surface area contributed by atoms with Crippen LogP contribution in [0.4, 0.5) is 5.69 Å². The number of hydrogen-bond acceptors (Lipinski definition) is 3. The molecule has 1 N–H and O–H groups in total. The van der Waals surface area contributed by atoms with Gasteiger partial charge in [-0.1, -0.05) is 12.1 Å². The maximum Gasteiger partial charge on any atom is 0.227 e. The lowest BCUT2D eigenvalue weighted by Crippen LogP contribution is -2.31. The van der Waals surface area contributed by atoms with Crippen molar-refractivity contribution in [1.82, 2.24) is 5.32 Å².